The molecule has 0 spiro atoms. The summed E-state index contributed by atoms with van der Waals surface area (Å²) in [7, 11) is -2.84. The molecule has 0 aliphatic carbocycles. The van der Waals surface area contributed by atoms with E-state index in [1.54, 1.807) is 6.92 Å². The first kappa shape index (κ1) is 18.9. The quantitative estimate of drug-likeness (QED) is 0.746. The number of rotatable bonds is 8. The Morgan fingerprint density at radius 2 is 2.00 bits per heavy atom. The van der Waals surface area contributed by atoms with Gasteiger partial charge in [0.2, 0.25) is 0 Å². The van der Waals surface area contributed by atoms with Gasteiger partial charge in [-0.2, -0.15) is 0 Å². The molecule has 0 aromatic heterocycles. The predicted molar refractivity (Wildman–Crippen MR) is 90.5 cm³/mol. The molecule has 4 nitrogen and oxygen atoms in total. The van der Waals surface area contributed by atoms with E-state index in [0.717, 1.165) is 32.5 Å². The summed E-state index contributed by atoms with van der Waals surface area (Å²) in [5.74, 6) is 1.24. The second kappa shape index (κ2) is 7.93. The highest BCUT2D eigenvalue weighted by atomic mass is 32.2. The molecule has 1 saturated heterocycles. The van der Waals surface area contributed by atoms with E-state index >= 15 is 0 Å². The van der Waals surface area contributed by atoms with E-state index < -0.39 is 9.84 Å². The number of hydrogen-bond acceptors (Lipinski definition) is 4. The topological polar surface area (TPSA) is 49.4 Å². The van der Waals surface area contributed by atoms with E-state index in [1.165, 1.54) is 6.42 Å². The average Bonchev–Trinajstić information content (AvgIpc) is 2.48. The Bertz CT molecular complexity index is 411. The van der Waals surface area contributed by atoms with Gasteiger partial charge in [0.25, 0.3) is 0 Å². The van der Waals surface area contributed by atoms with E-state index in [1.807, 2.05) is 0 Å². The molecule has 1 heterocycles. The smallest absolute Gasteiger partial charge is 0.150 e. The standard InChI is InChI=1S/C16H34N2O2S/c1-6-14(4)15-12-18(16(5,7-2)13-17-15)10-9-11-21(19,20)8-3/h14-15,17H,6-13H2,1-5H3. The summed E-state index contributed by atoms with van der Waals surface area (Å²) in [5.41, 5.74) is 0.153. The molecule has 1 fully saturated rings. The summed E-state index contributed by atoms with van der Waals surface area (Å²) >= 11 is 0. The van der Waals surface area contributed by atoms with Crippen LogP contribution < -0.4 is 5.32 Å². The SMILES string of the molecule is CCC(C)C1CN(CCCS(=O)(=O)CC)C(C)(CC)CN1. The molecule has 3 atom stereocenters. The monoisotopic (exact) mass is 318 g/mol. The molecular weight excluding hydrogens is 284 g/mol. The maximum absolute atomic E-state index is 11.7. The van der Waals surface area contributed by atoms with Crippen LogP contribution in [0.5, 0.6) is 0 Å². The van der Waals surface area contributed by atoms with Gasteiger partial charge in [0, 0.05) is 30.4 Å². The third kappa shape index (κ3) is 5.22. The molecular formula is C16H34N2O2S. The first-order valence-electron chi connectivity index (χ1n) is 8.46. The molecule has 0 saturated carbocycles. The van der Waals surface area contributed by atoms with Crippen LogP contribution in [0.1, 0.15) is 53.9 Å². The largest absolute Gasteiger partial charge is 0.311 e. The van der Waals surface area contributed by atoms with Crippen molar-refractivity contribution in [1.29, 1.82) is 0 Å². The molecule has 1 aliphatic rings. The van der Waals surface area contributed by atoms with Gasteiger partial charge in [-0.05, 0) is 32.2 Å². The number of nitrogens with one attached hydrogen (secondary N) is 1. The number of nitrogens with zero attached hydrogens (tertiary/aromatic N) is 1. The Balaban J connectivity index is 2.64. The molecule has 0 aromatic rings. The minimum Gasteiger partial charge on any atom is -0.311 e. The fourth-order valence-corrected chi connectivity index (χ4v) is 3.84. The lowest BCUT2D eigenvalue weighted by Gasteiger charge is -2.49. The molecule has 21 heavy (non-hydrogen) atoms. The highest BCUT2D eigenvalue weighted by Gasteiger charge is 2.37. The van der Waals surface area contributed by atoms with Gasteiger partial charge in [0.1, 0.15) is 9.84 Å². The Hall–Kier alpha value is -0.130. The molecule has 0 radical (unpaired) electrons. The zero-order chi connectivity index (χ0) is 16.1. The second-order valence-electron chi connectivity index (χ2n) is 6.76. The third-order valence-corrected chi connectivity index (χ3v) is 7.13. The number of sulfone groups is 1. The van der Waals surface area contributed by atoms with Crippen molar-refractivity contribution in [3.05, 3.63) is 0 Å². The van der Waals surface area contributed by atoms with Gasteiger partial charge >= 0.3 is 0 Å². The van der Waals surface area contributed by atoms with Gasteiger partial charge in [0.05, 0.1) is 5.75 Å². The predicted octanol–water partition coefficient (Wildman–Crippen LogP) is 2.30. The highest BCUT2D eigenvalue weighted by Crippen LogP contribution is 2.26. The third-order valence-electron chi connectivity index (χ3n) is 5.34. The van der Waals surface area contributed by atoms with E-state index in [9.17, 15) is 8.42 Å². The van der Waals surface area contributed by atoms with Gasteiger partial charge in [-0.15, -0.1) is 0 Å². The summed E-state index contributed by atoms with van der Waals surface area (Å²) in [6.07, 6.45) is 3.02. The molecule has 1 aliphatic heterocycles. The lowest BCUT2D eigenvalue weighted by molar-refractivity contribution is 0.0366. The Morgan fingerprint density at radius 3 is 2.52 bits per heavy atom. The van der Waals surface area contributed by atoms with Crippen LogP contribution in [0.4, 0.5) is 0 Å². The van der Waals surface area contributed by atoms with Crippen LogP contribution in [0.25, 0.3) is 0 Å². The molecule has 5 heteroatoms. The van der Waals surface area contributed by atoms with Crippen molar-refractivity contribution in [2.45, 2.75) is 65.5 Å². The van der Waals surface area contributed by atoms with E-state index in [-0.39, 0.29) is 11.3 Å². The van der Waals surface area contributed by atoms with Gasteiger partial charge in [-0.3, -0.25) is 4.90 Å². The Labute approximate surface area is 131 Å². The number of hydrogen-bond donors (Lipinski definition) is 1. The van der Waals surface area contributed by atoms with Gasteiger partial charge < -0.3 is 5.32 Å². The van der Waals surface area contributed by atoms with Crippen molar-refractivity contribution < 1.29 is 8.42 Å². The van der Waals surface area contributed by atoms with E-state index in [2.05, 4.69) is 37.9 Å². The maximum atomic E-state index is 11.7. The normalized spacial score (nSPS) is 29.5. The zero-order valence-electron chi connectivity index (χ0n) is 14.5. The molecule has 1 N–H and O–H groups in total. The molecule has 0 amide bonds. The van der Waals surface area contributed by atoms with Crippen molar-refractivity contribution in [2.24, 2.45) is 5.92 Å². The van der Waals surface area contributed by atoms with Gasteiger partial charge in [-0.25, -0.2) is 8.42 Å². The van der Waals surface area contributed by atoms with E-state index in [4.69, 9.17) is 0 Å². The summed E-state index contributed by atoms with van der Waals surface area (Å²) < 4.78 is 23.3. The zero-order valence-corrected chi connectivity index (χ0v) is 15.3. The second-order valence-corrected chi connectivity index (χ2v) is 9.23. The fourth-order valence-electron chi connectivity index (χ4n) is 2.98. The van der Waals surface area contributed by atoms with E-state index in [0.29, 0.717) is 17.7 Å². The lowest BCUT2D eigenvalue weighted by Crippen LogP contribution is -2.64. The fraction of sp³-hybridized carbons (Fsp3) is 1.00. The lowest BCUT2D eigenvalue weighted by atomic mass is 9.88. The van der Waals surface area contributed by atoms with Crippen LogP contribution in [0.3, 0.4) is 0 Å². The van der Waals surface area contributed by atoms with Crippen molar-refractivity contribution in [1.82, 2.24) is 10.2 Å². The van der Waals surface area contributed by atoms with Crippen molar-refractivity contribution in [3.8, 4) is 0 Å². The number of piperazine rings is 1. The van der Waals surface area contributed by atoms with Crippen LogP contribution >= 0.6 is 0 Å². The van der Waals surface area contributed by atoms with Gasteiger partial charge in [0.15, 0.2) is 0 Å². The summed E-state index contributed by atoms with van der Waals surface area (Å²) in [6.45, 7) is 13.7. The Kier molecular flexibility index (Phi) is 7.14. The molecule has 3 unspecified atom stereocenters. The van der Waals surface area contributed by atoms with Crippen LogP contribution in [0, 0.1) is 5.92 Å². The average molecular weight is 319 g/mol. The summed E-state index contributed by atoms with van der Waals surface area (Å²) in [6, 6.07) is 0.525. The molecule has 0 bridgehead atoms. The highest BCUT2D eigenvalue weighted by molar-refractivity contribution is 7.91. The molecule has 126 valence electrons. The maximum Gasteiger partial charge on any atom is 0.150 e. The molecule has 0 aromatic carbocycles. The van der Waals surface area contributed by atoms with Crippen molar-refractivity contribution in [3.63, 3.8) is 0 Å². The first-order valence-corrected chi connectivity index (χ1v) is 10.3. The minimum atomic E-state index is -2.84. The van der Waals surface area contributed by atoms with Gasteiger partial charge in [-0.1, -0.05) is 34.1 Å². The van der Waals surface area contributed by atoms with Crippen LogP contribution in [-0.4, -0.2) is 56.0 Å². The summed E-state index contributed by atoms with van der Waals surface area (Å²) in [5, 5.41) is 3.70. The first-order chi connectivity index (χ1) is 9.78. The summed E-state index contributed by atoms with van der Waals surface area (Å²) in [4.78, 5) is 2.52. The molecule has 1 rings (SSSR count). The van der Waals surface area contributed by atoms with Crippen LogP contribution in [0.15, 0.2) is 0 Å². The van der Waals surface area contributed by atoms with Crippen molar-refractivity contribution in [2.75, 3.05) is 31.1 Å². The van der Waals surface area contributed by atoms with Crippen molar-refractivity contribution >= 4 is 9.84 Å². The Morgan fingerprint density at radius 1 is 1.33 bits per heavy atom. The van der Waals surface area contributed by atoms with Crippen LogP contribution in [-0.2, 0) is 9.84 Å². The van der Waals surface area contributed by atoms with Crippen LogP contribution in [0.2, 0.25) is 0 Å². The minimum absolute atomic E-state index is 0.153.